The number of aliphatic hydroxyl groups excluding tert-OH is 1. The van der Waals surface area contributed by atoms with Crippen molar-refractivity contribution in [3.8, 4) is 0 Å². The summed E-state index contributed by atoms with van der Waals surface area (Å²) in [5.74, 6) is 0.414. The summed E-state index contributed by atoms with van der Waals surface area (Å²) in [6.45, 7) is 1.12. The maximum atomic E-state index is 10.4. The smallest absolute Gasteiger partial charge is 0.0835 e. The van der Waals surface area contributed by atoms with E-state index in [2.05, 4.69) is 23.5 Å². The first-order valence-corrected chi connectivity index (χ1v) is 6.35. The highest BCUT2D eigenvalue weighted by atomic mass is 16.3. The van der Waals surface area contributed by atoms with Crippen molar-refractivity contribution in [3.63, 3.8) is 0 Å². The van der Waals surface area contributed by atoms with Gasteiger partial charge in [0.1, 0.15) is 0 Å². The number of benzene rings is 1. The van der Waals surface area contributed by atoms with Crippen molar-refractivity contribution in [1.29, 1.82) is 0 Å². The molecule has 0 radical (unpaired) electrons. The monoisotopic (exact) mass is 217 g/mol. The van der Waals surface area contributed by atoms with Crippen molar-refractivity contribution in [2.24, 2.45) is 5.92 Å². The van der Waals surface area contributed by atoms with E-state index in [1.807, 2.05) is 6.07 Å². The van der Waals surface area contributed by atoms with E-state index in [0.29, 0.717) is 12.0 Å². The minimum absolute atomic E-state index is 0.263. The number of aryl methyl sites for hydroxylation is 1. The second-order valence-corrected chi connectivity index (χ2v) is 5.05. The molecule has 1 aromatic carbocycles. The summed E-state index contributed by atoms with van der Waals surface area (Å²) in [7, 11) is 0. The fourth-order valence-electron chi connectivity index (χ4n) is 3.26. The lowest BCUT2D eigenvalue weighted by Gasteiger charge is -2.34. The molecule has 16 heavy (non-hydrogen) atoms. The van der Waals surface area contributed by atoms with Gasteiger partial charge in [-0.25, -0.2) is 0 Å². The molecule has 1 aromatic rings. The lowest BCUT2D eigenvalue weighted by Crippen LogP contribution is -2.36. The molecule has 1 saturated heterocycles. The fraction of sp³-hybridized carbons (Fsp3) is 0.571. The normalized spacial score (nSPS) is 33.7. The summed E-state index contributed by atoms with van der Waals surface area (Å²) >= 11 is 0. The molecule has 3 atom stereocenters. The predicted octanol–water partition coefficient (Wildman–Crippen LogP) is 2.03. The van der Waals surface area contributed by atoms with E-state index in [4.69, 9.17) is 0 Å². The molecule has 1 aliphatic carbocycles. The van der Waals surface area contributed by atoms with Gasteiger partial charge in [-0.15, -0.1) is 0 Å². The molecule has 2 N–H and O–H groups in total. The molecule has 2 heteroatoms. The van der Waals surface area contributed by atoms with Crippen LogP contribution in [0.25, 0.3) is 0 Å². The molecule has 1 fully saturated rings. The molecular formula is C14H19NO. The maximum absolute atomic E-state index is 10.4. The van der Waals surface area contributed by atoms with Gasteiger partial charge >= 0.3 is 0 Å². The molecule has 0 spiro atoms. The van der Waals surface area contributed by atoms with Gasteiger partial charge in [0.05, 0.1) is 6.10 Å². The third-order valence-corrected chi connectivity index (χ3v) is 4.14. The molecule has 2 aliphatic rings. The molecule has 3 rings (SSSR count). The quantitative estimate of drug-likeness (QED) is 0.754. The average molecular weight is 217 g/mol. The van der Waals surface area contributed by atoms with Gasteiger partial charge in [-0.3, -0.25) is 0 Å². The lowest BCUT2D eigenvalue weighted by atomic mass is 9.77. The third-order valence-electron chi connectivity index (χ3n) is 4.14. The second-order valence-electron chi connectivity index (χ2n) is 5.05. The number of rotatable bonds is 1. The predicted molar refractivity (Wildman–Crippen MR) is 64.2 cm³/mol. The van der Waals surface area contributed by atoms with Crippen molar-refractivity contribution < 1.29 is 5.11 Å². The molecule has 0 saturated carbocycles. The summed E-state index contributed by atoms with van der Waals surface area (Å²) in [4.78, 5) is 0. The van der Waals surface area contributed by atoms with Crippen LogP contribution in [0.2, 0.25) is 0 Å². The van der Waals surface area contributed by atoms with Gasteiger partial charge in [0, 0.05) is 12.0 Å². The summed E-state index contributed by atoms with van der Waals surface area (Å²) in [5.41, 5.74) is 2.50. The summed E-state index contributed by atoms with van der Waals surface area (Å²) in [5, 5.41) is 14.0. The summed E-state index contributed by atoms with van der Waals surface area (Å²) in [6.07, 6.45) is 4.46. The zero-order chi connectivity index (χ0) is 11.0. The van der Waals surface area contributed by atoms with E-state index in [0.717, 1.165) is 24.9 Å². The van der Waals surface area contributed by atoms with E-state index in [-0.39, 0.29) is 6.10 Å². The standard InChI is InChI=1S/C14H19NO/c16-14-11-5-2-1-4-10(11)7-8-12(14)13-6-3-9-15-13/h1-2,4-5,12-16H,3,6-9H2. The first-order chi connectivity index (χ1) is 7.86. The second kappa shape index (κ2) is 4.19. The van der Waals surface area contributed by atoms with Crippen LogP contribution in [0.15, 0.2) is 24.3 Å². The number of hydrogen-bond acceptors (Lipinski definition) is 2. The Labute approximate surface area is 96.7 Å². The van der Waals surface area contributed by atoms with Crippen molar-refractivity contribution in [1.82, 2.24) is 5.32 Å². The van der Waals surface area contributed by atoms with Crippen LogP contribution >= 0.6 is 0 Å². The van der Waals surface area contributed by atoms with Gasteiger partial charge in [-0.2, -0.15) is 0 Å². The van der Waals surface area contributed by atoms with Gasteiger partial charge in [0.15, 0.2) is 0 Å². The Kier molecular flexibility index (Phi) is 2.70. The highest BCUT2D eigenvalue weighted by molar-refractivity contribution is 5.32. The molecule has 0 bridgehead atoms. The van der Waals surface area contributed by atoms with Crippen LogP contribution in [0.5, 0.6) is 0 Å². The van der Waals surface area contributed by atoms with Crippen LogP contribution < -0.4 is 5.32 Å². The van der Waals surface area contributed by atoms with Gasteiger partial charge in [0.25, 0.3) is 0 Å². The molecule has 86 valence electrons. The summed E-state index contributed by atoms with van der Waals surface area (Å²) in [6, 6.07) is 8.87. The Morgan fingerprint density at radius 2 is 2.06 bits per heavy atom. The van der Waals surface area contributed by atoms with E-state index in [9.17, 15) is 5.11 Å². The van der Waals surface area contributed by atoms with Crippen molar-refractivity contribution >= 4 is 0 Å². The number of aliphatic hydroxyl groups is 1. The molecule has 1 heterocycles. The first-order valence-electron chi connectivity index (χ1n) is 6.35. The van der Waals surface area contributed by atoms with Crippen molar-refractivity contribution in [2.75, 3.05) is 6.54 Å². The van der Waals surface area contributed by atoms with Crippen molar-refractivity contribution in [3.05, 3.63) is 35.4 Å². The van der Waals surface area contributed by atoms with Gasteiger partial charge in [-0.05, 0) is 43.4 Å². The fourth-order valence-corrected chi connectivity index (χ4v) is 3.26. The Morgan fingerprint density at radius 3 is 2.88 bits per heavy atom. The van der Waals surface area contributed by atoms with Crippen LogP contribution in [0.4, 0.5) is 0 Å². The topological polar surface area (TPSA) is 32.3 Å². The Hall–Kier alpha value is -0.860. The highest BCUT2D eigenvalue weighted by Gasteiger charge is 2.34. The number of hydrogen-bond donors (Lipinski definition) is 2. The zero-order valence-corrected chi connectivity index (χ0v) is 9.52. The van der Waals surface area contributed by atoms with Gasteiger partial charge in [0.2, 0.25) is 0 Å². The van der Waals surface area contributed by atoms with E-state index >= 15 is 0 Å². The minimum Gasteiger partial charge on any atom is -0.388 e. The molecule has 0 aromatic heterocycles. The van der Waals surface area contributed by atoms with Crippen LogP contribution in [-0.4, -0.2) is 17.7 Å². The maximum Gasteiger partial charge on any atom is 0.0835 e. The third kappa shape index (κ3) is 1.66. The minimum atomic E-state index is -0.263. The summed E-state index contributed by atoms with van der Waals surface area (Å²) < 4.78 is 0. The SMILES string of the molecule is OC1c2ccccc2CCC1C1CCCN1. The molecular weight excluding hydrogens is 198 g/mol. The van der Waals surface area contributed by atoms with Crippen molar-refractivity contribution in [2.45, 2.75) is 37.8 Å². The first kappa shape index (κ1) is 10.3. The van der Waals surface area contributed by atoms with Gasteiger partial charge < -0.3 is 10.4 Å². The van der Waals surface area contributed by atoms with Crippen LogP contribution in [0.1, 0.15) is 36.5 Å². The Balaban J connectivity index is 1.85. The number of fused-ring (bicyclic) bond motifs is 1. The number of nitrogens with one attached hydrogen (secondary N) is 1. The van der Waals surface area contributed by atoms with E-state index in [1.54, 1.807) is 0 Å². The van der Waals surface area contributed by atoms with E-state index < -0.39 is 0 Å². The van der Waals surface area contributed by atoms with Crippen LogP contribution in [0, 0.1) is 5.92 Å². The molecule has 2 nitrogen and oxygen atoms in total. The molecule has 0 amide bonds. The van der Waals surface area contributed by atoms with Crippen LogP contribution in [0.3, 0.4) is 0 Å². The molecule has 1 aliphatic heterocycles. The highest BCUT2D eigenvalue weighted by Crippen LogP contribution is 2.37. The molecule has 3 unspecified atom stereocenters. The Morgan fingerprint density at radius 1 is 1.19 bits per heavy atom. The largest absolute Gasteiger partial charge is 0.388 e. The Bertz CT molecular complexity index is 371. The average Bonchev–Trinajstić information content (AvgIpc) is 2.83. The van der Waals surface area contributed by atoms with Crippen LogP contribution in [-0.2, 0) is 6.42 Å². The zero-order valence-electron chi connectivity index (χ0n) is 9.52. The lowest BCUT2D eigenvalue weighted by molar-refractivity contribution is 0.0738. The van der Waals surface area contributed by atoms with E-state index in [1.165, 1.54) is 18.4 Å². The van der Waals surface area contributed by atoms with Gasteiger partial charge in [-0.1, -0.05) is 24.3 Å².